The van der Waals surface area contributed by atoms with E-state index in [2.05, 4.69) is 0 Å². The van der Waals surface area contributed by atoms with E-state index in [4.69, 9.17) is 16.3 Å². The molecule has 21 heavy (non-hydrogen) atoms. The van der Waals surface area contributed by atoms with E-state index in [-0.39, 0.29) is 5.41 Å². The molecule has 0 saturated carbocycles. The Bertz CT molecular complexity index is 593. The van der Waals surface area contributed by atoms with Gasteiger partial charge in [-0.2, -0.15) is 0 Å². The molecular formula is C18H21ClO2. The molecule has 1 atom stereocenters. The van der Waals surface area contributed by atoms with Gasteiger partial charge >= 0.3 is 0 Å². The third kappa shape index (κ3) is 3.58. The van der Waals surface area contributed by atoms with E-state index in [1.54, 1.807) is 13.2 Å². The second-order valence-corrected chi connectivity index (χ2v) is 6.20. The maximum atomic E-state index is 10.7. The van der Waals surface area contributed by atoms with E-state index in [0.29, 0.717) is 11.4 Å². The SMILES string of the molecule is COc1ccc(Cl)cc1CC(O)C(C)(C)c1ccccc1. The van der Waals surface area contributed by atoms with Crippen LogP contribution in [0.15, 0.2) is 48.5 Å². The first-order chi connectivity index (χ1) is 9.95. The number of aliphatic hydroxyl groups excluding tert-OH is 1. The Balaban J connectivity index is 2.25. The van der Waals surface area contributed by atoms with Gasteiger partial charge in [-0.1, -0.05) is 55.8 Å². The molecule has 0 amide bonds. The van der Waals surface area contributed by atoms with Gasteiger partial charge in [-0.15, -0.1) is 0 Å². The second kappa shape index (κ2) is 6.50. The van der Waals surface area contributed by atoms with Crippen molar-refractivity contribution in [1.29, 1.82) is 0 Å². The van der Waals surface area contributed by atoms with E-state index in [1.807, 2.05) is 56.3 Å². The highest BCUT2D eigenvalue weighted by molar-refractivity contribution is 6.30. The van der Waals surface area contributed by atoms with Crippen LogP contribution in [0.3, 0.4) is 0 Å². The zero-order valence-corrected chi connectivity index (χ0v) is 13.4. The summed E-state index contributed by atoms with van der Waals surface area (Å²) in [7, 11) is 1.63. The van der Waals surface area contributed by atoms with Gasteiger partial charge in [-0.3, -0.25) is 0 Å². The summed E-state index contributed by atoms with van der Waals surface area (Å²) in [6.07, 6.45) is -0.0432. The predicted molar refractivity (Wildman–Crippen MR) is 87.2 cm³/mol. The lowest BCUT2D eigenvalue weighted by Gasteiger charge is -2.31. The Morgan fingerprint density at radius 2 is 1.81 bits per heavy atom. The van der Waals surface area contributed by atoms with Crippen molar-refractivity contribution in [1.82, 2.24) is 0 Å². The van der Waals surface area contributed by atoms with Crippen molar-refractivity contribution in [2.75, 3.05) is 7.11 Å². The van der Waals surface area contributed by atoms with Gasteiger partial charge in [0.15, 0.2) is 0 Å². The number of hydrogen-bond acceptors (Lipinski definition) is 2. The normalized spacial score (nSPS) is 13.0. The van der Waals surface area contributed by atoms with Crippen molar-refractivity contribution in [2.45, 2.75) is 31.8 Å². The summed E-state index contributed by atoms with van der Waals surface area (Å²) in [6, 6.07) is 15.5. The summed E-state index contributed by atoms with van der Waals surface area (Å²) in [5, 5.41) is 11.3. The molecule has 2 rings (SSSR count). The molecule has 0 aliphatic heterocycles. The van der Waals surface area contributed by atoms with Gasteiger partial charge in [0.25, 0.3) is 0 Å². The lowest BCUT2D eigenvalue weighted by atomic mass is 9.77. The predicted octanol–water partition coefficient (Wildman–Crippen LogP) is 4.23. The highest BCUT2D eigenvalue weighted by Crippen LogP contribution is 2.32. The lowest BCUT2D eigenvalue weighted by Crippen LogP contribution is -2.35. The molecule has 0 bridgehead atoms. The first-order valence-electron chi connectivity index (χ1n) is 7.01. The molecule has 0 heterocycles. The molecule has 2 aromatic rings. The van der Waals surface area contributed by atoms with Crippen molar-refractivity contribution in [2.24, 2.45) is 0 Å². The molecule has 0 aromatic heterocycles. The average Bonchev–Trinajstić information content (AvgIpc) is 2.48. The third-order valence-corrected chi connectivity index (χ3v) is 4.24. The summed E-state index contributed by atoms with van der Waals surface area (Å²) in [5.41, 5.74) is 1.68. The van der Waals surface area contributed by atoms with Crippen molar-refractivity contribution >= 4 is 11.6 Å². The Morgan fingerprint density at radius 1 is 1.14 bits per heavy atom. The quantitative estimate of drug-likeness (QED) is 0.895. The first-order valence-corrected chi connectivity index (χ1v) is 7.39. The van der Waals surface area contributed by atoms with E-state index in [0.717, 1.165) is 16.9 Å². The third-order valence-electron chi connectivity index (χ3n) is 4.01. The summed E-state index contributed by atoms with van der Waals surface area (Å²) in [4.78, 5) is 0. The summed E-state index contributed by atoms with van der Waals surface area (Å²) < 4.78 is 5.35. The largest absolute Gasteiger partial charge is 0.496 e. The van der Waals surface area contributed by atoms with Gasteiger partial charge in [-0.05, 0) is 29.3 Å². The molecule has 3 heteroatoms. The molecule has 0 saturated heterocycles. The second-order valence-electron chi connectivity index (χ2n) is 5.76. The molecule has 1 N–H and O–H groups in total. The Hall–Kier alpha value is -1.51. The maximum absolute atomic E-state index is 10.7. The molecule has 1 unspecified atom stereocenters. The van der Waals surface area contributed by atoms with Gasteiger partial charge < -0.3 is 9.84 Å². The van der Waals surface area contributed by atoms with Gasteiger partial charge in [0, 0.05) is 16.9 Å². The van der Waals surface area contributed by atoms with Crippen molar-refractivity contribution in [3.8, 4) is 5.75 Å². The van der Waals surface area contributed by atoms with Crippen LogP contribution in [-0.2, 0) is 11.8 Å². The summed E-state index contributed by atoms with van der Waals surface area (Å²) in [6.45, 7) is 4.09. The van der Waals surface area contributed by atoms with Crippen molar-refractivity contribution in [3.05, 3.63) is 64.7 Å². The van der Waals surface area contributed by atoms with Crippen LogP contribution < -0.4 is 4.74 Å². The smallest absolute Gasteiger partial charge is 0.122 e. The van der Waals surface area contributed by atoms with Crippen LogP contribution in [0.5, 0.6) is 5.75 Å². The zero-order chi connectivity index (χ0) is 15.5. The van der Waals surface area contributed by atoms with Crippen molar-refractivity contribution in [3.63, 3.8) is 0 Å². The fourth-order valence-electron chi connectivity index (χ4n) is 2.43. The molecule has 112 valence electrons. The fraction of sp³-hybridized carbons (Fsp3) is 0.333. The van der Waals surface area contributed by atoms with Crippen LogP contribution in [0.1, 0.15) is 25.0 Å². The number of hydrogen-bond donors (Lipinski definition) is 1. The highest BCUT2D eigenvalue weighted by Gasteiger charge is 2.30. The minimum Gasteiger partial charge on any atom is -0.496 e. The molecular weight excluding hydrogens is 284 g/mol. The van der Waals surface area contributed by atoms with Crippen LogP contribution in [0.25, 0.3) is 0 Å². The van der Waals surface area contributed by atoms with E-state index < -0.39 is 6.10 Å². The highest BCUT2D eigenvalue weighted by atomic mass is 35.5. The first kappa shape index (κ1) is 15.9. The maximum Gasteiger partial charge on any atom is 0.122 e. The number of halogens is 1. The van der Waals surface area contributed by atoms with Gasteiger partial charge in [0.1, 0.15) is 5.75 Å². The Labute approximate surface area is 131 Å². The minimum absolute atomic E-state index is 0.353. The lowest BCUT2D eigenvalue weighted by molar-refractivity contribution is 0.0993. The summed E-state index contributed by atoms with van der Waals surface area (Å²) in [5.74, 6) is 0.752. The van der Waals surface area contributed by atoms with E-state index >= 15 is 0 Å². The molecule has 0 radical (unpaired) electrons. The van der Waals surface area contributed by atoms with Gasteiger partial charge in [-0.25, -0.2) is 0 Å². The molecule has 0 aliphatic carbocycles. The fourth-order valence-corrected chi connectivity index (χ4v) is 2.62. The summed E-state index contributed by atoms with van der Waals surface area (Å²) >= 11 is 6.05. The van der Waals surface area contributed by atoms with E-state index in [1.165, 1.54) is 0 Å². The van der Waals surface area contributed by atoms with Crippen molar-refractivity contribution < 1.29 is 9.84 Å². The van der Waals surface area contributed by atoms with Crippen LogP contribution in [0, 0.1) is 0 Å². The monoisotopic (exact) mass is 304 g/mol. The van der Waals surface area contributed by atoms with Gasteiger partial charge in [0.05, 0.1) is 13.2 Å². The number of aliphatic hydroxyl groups is 1. The van der Waals surface area contributed by atoms with E-state index in [9.17, 15) is 5.11 Å². The standard InChI is InChI=1S/C18H21ClO2/c1-18(2,14-7-5-4-6-8-14)17(20)12-13-11-15(19)9-10-16(13)21-3/h4-11,17,20H,12H2,1-3H3. The zero-order valence-electron chi connectivity index (χ0n) is 12.6. The van der Waals surface area contributed by atoms with Gasteiger partial charge in [0.2, 0.25) is 0 Å². The van der Waals surface area contributed by atoms with Crippen LogP contribution >= 0.6 is 11.6 Å². The molecule has 0 spiro atoms. The number of rotatable bonds is 5. The van der Waals surface area contributed by atoms with Crippen LogP contribution in [0.2, 0.25) is 5.02 Å². The molecule has 2 nitrogen and oxygen atoms in total. The molecule has 0 aliphatic rings. The number of methoxy groups -OCH3 is 1. The Morgan fingerprint density at radius 3 is 2.43 bits per heavy atom. The average molecular weight is 305 g/mol. The van der Waals surface area contributed by atoms with Crippen LogP contribution in [-0.4, -0.2) is 18.3 Å². The molecule has 0 fully saturated rings. The van der Waals surface area contributed by atoms with Crippen LogP contribution in [0.4, 0.5) is 0 Å². The number of ether oxygens (including phenoxy) is 1. The molecule has 2 aromatic carbocycles. The number of benzene rings is 2. The Kier molecular flexibility index (Phi) is 4.92. The topological polar surface area (TPSA) is 29.5 Å². The minimum atomic E-state index is -0.535.